The van der Waals surface area contributed by atoms with Gasteiger partial charge in [0.15, 0.2) is 0 Å². The zero-order chi connectivity index (χ0) is 18.2. The minimum absolute atomic E-state index is 0.0743. The highest BCUT2D eigenvalue weighted by atomic mass is 16.6. The van der Waals surface area contributed by atoms with Crippen LogP contribution in [0.5, 0.6) is 0 Å². The predicted molar refractivity (Wildman–Crippen MR) is 93.6 cm³/mol. The molecule has 1 aromatic carbocycles. The highest BCUT2D eigenvalue weighted by molar-refractivity contribution is 5.93. The van der Waals surface area contributed by atoms with Gasteiger partial charge in [-0.1, -0.05) is 25.5 Å². The Bertz CT molecular complexity index is 765. The molecule has 0 aliphatic carbocycles. The van der Waals surface area contributed by atoms with Crippen molar-refractivity contribution in [2.75, 3.05) is 6.61 Å². The molecule has 0 saturated heterocycles. The van der Waals surface area contributed by atoms with E-state index in [9.17, 15) is 14.9 Å². The number of rotatable bonds is 8. The van der Waals surface area contributed by atoms with Gasteiger partial charge in [0.1, 0.15) is 6.20 Å². The molecule has 0 aliphatic rings. The number of hydrogen-bond donors (Lipinski definition) is 1. The summed E-state index contributed by atoms with van der Waals surface area (Å²) in [6.07, 6.45) is 6.54. The average molecular weight is 344 g/mol. The van der Waals surface area contributed by atoms with E-state index in [1.165, 1.54) is 10.8 Å². The Morgan fingerprint density at radius 1 is 1.36 bits per heavy atom. The summed E-state index contributed by atoms with van der Waals surface area (Å²) < 4.78 is 1.39. The largest absolute Gasteiger partial charge is 0.358 e. The van der Waals surface area contributed by atoms with Crippen molar-refractivity contribution < 1.29 is 14.6 Å². The van der Waals surface area contributed by atoms with Crippen molar-refractivity contribution in [1.82, 2.24) is 15.0 Å². The van der Waals surface area contributed by atoms with Gasteiger partial charge in [0.05, 0.1) is 13.7 Å². The number of unbranched alkanes of at least 4 members (excludes halogenated alkanes) is 1. The number of hydrogen-bond acceptors (Lipinski definition) is 5. The molecule has 1 aromatic heterocycles. The third-order valence-electron chi connectivity index (χ3n) is 3.55. The van der Waals surface area contributed by atoms with Crippen molar-refractivity contribution in [2.24, 2.45) is 7.05 Å². The number of nitrogens with zero attached hydrogens (tertiary/aromatic N) is 3. The molecule has 1 heterocycles. The average Bonchev–Trinajstić information content (AvgIpc) is 2.98. The zero-order valence-corrected chi connectivity index (χ0v) is 14.1. The second-order valence-electron chi connectivity index (χ2n) is 5.38. The molecular formula is C17H20N4O4. The van der Waals surface area contributed by atoms with Gasteiger partial charge in [0, 0.05) is 11.6 Å². The number of nitrogens with one attached hydrogen (secondary N) is 1. The molecule has 1 N–H and O–H groups in total. The lowest BCUT2D eigenvalue weighted by Gasteiger charge is -2.05. The lowest BCUT2D eigenvalue weighted by Crippen LogP contribution is -2.24. The van der Waals surface area contributed by atoms with E-state index in [-0.39, 0.29) is 11.7 Å². The van der Waals surface area contributed by atoms with Crippen LogP contribution < -0.4 is 5.48 Å². The molecule has 2 aromatic rings. The highest BCUT2D eigenvalue weighted by Gasteiger charge is 2.13. The first kappa shape index (κ1) is 18.3. The molecule has 132 valence electrons. The van der Waals surface area contributed by atoms with Gasteiger partial charge in [-0.15, -0.1) is 0 Å². The first-order valence-corrected chi connectivity index (χ1v) is 7.89. The van der Waals surface area contributed by atoms with Crippen LogP contribution in [0.25, 0.3) is 12.2 Å². The fourth-order valence-electron chi connectivity index (χ4n) is 2.05. The van der Waals surface area contributed by atoms with E-state index in [0.717, 1.165) is 18.4 Å². The lowest BCUT2D eigenvalue weighted by atomic mass is 10.1. The third-order valence-corrected chi connectivity index (χ3v) is 3.55. The van der Waals surface area contributed by atoms with Crippen LogP contribution in [0.3, 0.4) is 0 Å². The number of aromatic nitrogens is 2. The first-order valence-electron chi connectivity index (χ1n) is 7.89. The van der Waals surface area contributed by atoms with Crippen molar-refractivity contribution in [3.8, 4) is 0 Å². The van der Waals surface area contributed by atoms with Crippen LogP contribution in [0.15, 0.2) is 30.5 Å². The standard InChI is InChI=1S/C17H20N4O4/c1-3-4-11-25-19-17(22)14-8-5-13(6-9-14)7-10-15-18-12-16(20(15)2)21(23)24/h5-10,12H,3-4,11H2,1-2H3,(H,19,22). The van der Waals surface area contributed by atoms with Crippen LogP contribution in [-0.4, -0.2) is 27.0 Å². The molecule has 0 unspecified atom stereocenters. The molecule has 0 aliphatic heterocycles. The van der Waals surface area contributed by atoms with Crippen LogP contribution in [0.4, 0.5) is 5.82 Å². The zero-order valence-electron chi connectivity index (χ0n) is 14.1. The van der Waals surface area contributed by atoms with Crippen LogP contribution in [0.2, 0.25) is 0 Å². The summed E-state index contributed by atoms with van der Waals surface area (Å²) in [7, 11) is 1.58. The van der Waals surface area contributed by atoms with E-state index in [4.69, 9.17) is 4.84 Å². The van der Waals surface area contributed by atoms with E-state index >= 15 is 0 Å². The van der Waals surface area contributed by atoms with Crippen LogP contribution in [0.1, 0.15) is 41.5 Å². The van der Waals surface area contributed by atoms with Gasteiger partial charge >= 0.3 is 5.82 Å². The fraction of sp³-hybridized carbons (Fsp3) is 0.294. The summed E-state index contributed by atoms with van der Waals surface area (Å²) in [5, 5.41) is 10.8. The Morgan fingerprint density at radius 2 is 2.08 bits per heavy atom. The van der Waals surface area contributed by atoms with Crippen LogP contribution >= 0.6 is 0 Å². The molecule has 25 heavy (non-hydrogen) atoms. The maximum Gasteiger partial charge on any atom is 0.342 e. The molecule has 1 amide bonds. The molecule has 0 spiro atoms. The summed E-state index contributed by atoms with van der Waals surface area (Å²) in [6.45, 7) is 2.53. The smallest absolute Gasteiger partial charge is 0.342 e. The first-order chi connectivity index (χ1) is 12.0. The summed E-state index contributed by atoms with van der Waals surface area (Å²) in [5.74, 6) is 0.0962. The Labute approximate surface area is 145 Å². The topological polar surface area (TPSA) is 99.3 Å². The van der Waals surface area contributed by atoms with Crippen LogP contribution in [-0.2, 0) is 11.9 Å². The Hall–Kier alpha value is -3.00. The Kier molecular flexibility index (Phi) is 6.41. The van der Waals surface area contributed by atoms with Gasteiger partial charge < -0.3 is 10.1 Å². The van der Waals surface area contributed by atoms with E-state index < -0.39 is 4.92 Å². The quantitative estimate of drug-likeness (QED) is 0.451. The minimum Gasteiger partial charge on any atom is -0.358 e. The van der Waals surface area contributed by atoms with Crippen molar-refractivity contribution in [3.05, 3.63) is 57.5 Å². The molecule has 0 bridgehead atoms. The molecule has 0 radical (unpaired) electrons. The van der Waals surface area contributed by atoms with E-state index in [2.05, 4.69) is 10.5 Å². The van der Waals surface area contributed by atoms with Crippen LogP contribution in [0, 0.1) is 10.1 Å². The summed E-state index contributed by atoms with van der Waals surface area (Å²) in [5.41, 5.74) is 3.73. The monoisotopic (exact) mass is 344 g/mol. The Morgan fingerprint density at radius 3 is 2.68 bits per heavy atom. The van der Waals surface area contributed by atoms with Gasteiger partial charge in [0.25, 0.3) is 5.91 Å². The molecule has 8 heteroatoms. The molecule has 0 atom stereocenters. The number of hydroxylamine groups is 1. The minimum atomic E-state index is -0.486. The fourth-order valence-corrected chi connectivity index (χ4v) is 2.05. The maximum absolute atomic E-state index is 11.9. The van der Waals surface area contributed by atoms with Crippen molar-refractivity contribution in [2.45, 2.75) is 19.8 Å². The van der Waals surface area contributed by atoms with Crippen molar-refractivity contribution in [3.63, 3.8) is 0 Å². The number of benzene rings is 1. The molecular weight excluding hydrogens is 324 g/mol. The SMILES string of the molecule is CCCCONC(=O)c1ccc(C=Cc2ncc([N+](=O)[O-])n2C)cc1. The van der Waals surface area contributed by atoms with E-state index in [0.29, 0.717) is 18.0 Å². The van der Waals surface area contributed by atoms with Gasteiger partial charge in [-0.3, -0.25) is 9.63 Å². The number of imidazole rings is 1. The van der Waals surface area contributed by atoms with Gasteiger partial charge in [-0.25, -0.2) is 15.0 Å². The molecule has 0 saturated carbocycles. The number of nitro groups is 1. The number of carbonyl (C=O) groups excluding carboxylic acids is 1. The van der Waals surface area contributed by atoms with E-state index in [1.807, 2.05) is 6.92 Å². The Balaban J connectivity index is 1.98. The molecule has 2 rings (SSSR count). The maximum atomic E-state index is 11.9. The number of amides is 1. The predicted octanol–water partition coefficient (Wildman–Crippen LogP) is 2.96. The summed E-state index contributed by atoms with van der Waals surface area (Å²) >= 11 is 0. The van der Waals surface area contributed by atoms with Crippen molar-refractivity contribution in [1.29, 1.82) is 0 Å². The normalized spacial score (nSPS) is 11.0. The summed E-state index contributed by atoms with van der Waals surface area (Å²) in [6, 6.07) is 6.90. The second-order valence-corrected chi connectivity index (χ2v) is 5.38. The third kappa shape index (κ3) is 4.98. The number of carbonyl (C=O) groups is 1. The second kappa shape index (κ2) is 8.74. The van der Waals surface area contributed by atoms with Gasteiger partial charge in [-0.05, 0) is 35.1 Å². The molecule has 0 fully saturated rings. The van der Waals surface area contributed by atoms with E-state index in [1.54, 1.807) is 43.5 Å². The lowest BCUT2D eigenvalue weighted by molar-refractivity contribution is -0.391. The summed E-state index contributed by atoms with van der Waals surface area (Å²) in [4.78, 5) is 31.3. The molecule has 8 nitrogen and oxygen atoms in total. The van der Waals surface area contributed by atoms with Crippen molar-refractivity contribution >= 4 is 23.9 Å². The highest BCUT2D eigenvalue weighted by Crippen LogP contribution is 2.14. The van der Waals surface area contributed by atoms with Gasteiger partial charge in [-0.2, -0.15) is 0 Å². The van der Waals surface area contributed by atoms with Gasteiger partial charge in [0.2, 0.25) is 5.82 Å².